The molecular formula is C29H26O2. The van der Waals surface area contributed by atoms with E-state index in [9.17, 15) is 0 Å². The monoisotopic (exact) mass is 406 g/mol. The number of benzene rings is 4. The highest BCUT2D eigenvalue weighted by molar-refractivity contribution is 5.86. The van der Waals surface area contributed by atoms with Crippen LogP contribution in [-0.4, -0.2) is 14.2 Å². The molecule has 1 aliphatic rings. The Morgan fingerprint density at radius 3 is 1.35 bits per heavy atom. The summed E-state index contributed by atoms with van der Waals surface area (Å²) in [6.07, 6.45) is 0. The van der Waals surface area contributed by atoms with E-state index in [2.05, 4.69) is 98.8 Å². The third kappa shape index (κ3) is 2.71. The van der Waals surface area contributed by atoms with E-state index < -0.39 is 5.41 Å². The van der Waals surface area contributed by atoms with Crippen LogP contribution in [0.15, 0.2) is 84.9 Å². The number of rotatable bonds is 4. The third-order valence-corrected chi connectivity index (χ3v) is 6.61. The molecule has 0 spiro atoms. The molecule has 2 nitrogen and oxygen atoms in total. The van der Waals surface area contributed by atoms with Gasteiger partial charge in [0, 0.05) is 0 Å². The Morgan fingerprint density at radius 2 is 0.968 bits per heavy atom. The Labute approximate surface area is 184 Å². The Morgan fingerprint density at radius 1 is 0.548 bits per heavy atom. The first-order chi connectivity index (χ1) is 15.1. The molecule has 0 heterocycles. The van der Waals surface area contributed by atoms with Gasteiger partial charge in [0.1, 0.15) is 11.5 Å². The molecule has 0 saturated carbocycles. The summed E-state index contributed by atoms with van der Waals surface area (Å²) in [6, 6.07) is 30.7. The van der Waals surface area contributed by atoms with Gasteiger partial charge in [0.2, 0.25) is 0 Å². The number of hydrogen-bond donors (Lipinski definition) is 0. The second-order valence-corrected chi connectivity index (χ2v) is 8.21. The Bertz CT molecular complexity index is 1180. The molecular weight excluding hydrogens is 380 g/mol. The maximum atomic E-state index is 5.57. The fourth-order valence-corrected chi connectivity index (χ4v) is 5.25. The van der Waals surface area contributed by atoms with Gasteiger partial charge in [0.15, 0.2) is 0 Å². The van der Waals surface area contributed by atoms with Crippen molar-refractivity contribution in [2.24, 2.45) is 0 Å². The zero-order chi connectivity index (χ0) is 21.6. The Hall–Kier alpha value is -3.52. The Balaban J connectivity index is 1.92. The van der Waals surface area contributed by atoms with Gasteiger partial charge >= 0.3 is 0 Å². The fraction of sp³-hybridized carbons (Fsp3) is 0.172. The SMILES string of the molecule is COc1ccc(C2(c3ccc(OC)c(C)c3)c3ccccc3-c3ccccc32)cc1C. The van der Waals surface area contributed by atoms with E-state index in [1.165, 1.54) is 33.4 Å². The van der Waals surface area contributed by atoms with Crippen molar-refractivity contribution in [2.45, 2.75) is 19.3 Å². The molecule has 1 aliphatic carbocycles. The molecule has 31 heavy (non-hydrogen) atoms. The van der Waals surface area contributed by atoms with Crippen molar-refractivity contribution in [3.63, 3.8) is 0 Å². The van der Waals surface area contributed by atoms with Crippen LogP contribution >= 0.6 is 0 Å². The van der Waals surface area contributed by atoms with Crippen LogP contribution in [0.2, 0.25) is 0 Å². The molecule has 0 aliphatic heterocycles. The third-order valence-electron chi connectivity index (χ3n) is 6.61. The standard InChI is InChI=1S/C29H26O2/c1-19-17-21(13-15-27(19)30-3)29(22-14-16-28(31-4)20(2)18-22)25-11-7-5-9-23(25)24-10-6-8-12-26(24)29/h5-18H,1-4H3. The molecule has 0 bridgehead atoms. The average Bonchev–Trinajstić information content (AvgIpc) is 3.10. The molecule has 0 saturated heterocycles. The van der Waals surface area contributed by atoms with Crippen LogP contribution in [0, 0.1) is 13.8 Å². The van der Waals surface area contributed by atoms with Crippen molar-refractivity contribution < 1.29 is 9.47 Å². The summed E-state index contributed by atoms with van der Waals surface area (Å²) in [6.45, 7) is 4.23. The zero-order valence-corrected chi connectivity index (χ0v) is 18.4. The second-order valence-electron chi connectivity index (χ2n) is 8.21. The lowest BCUT2D eigenvalue weighted by molar-refractivity contribution is 0.411. The average molecular weight is 407 g/mol. The van der Waals surface area contributed by atoms with Crippen LogP contribution in [0.5, 0.6) is 11.5 Å². The summed E-state index contributed by atoms with van der Waals surface area (Å²) in [7, 11) is 3.45. The predicted molar refractivity (Wildman–Crippen MR) is 126 cm³/mol. The lowest BCUT2D eigenvalue weighted by Gasteiger charge is -2.34. The molecule has 0 radical (unpaired) electrons. The van der Waals surface area contributed by atoms with Crippen molar-refractivity contribution in [1.29, 1.82) is 0 Å². The van der Waals surface area contributed by atoms with E-state index in [1.54, 1.807) is 14.2 Å². The van der Waals surface area contributed by atoms with Gasteiger partial charge in [-0.2, -0.15) is 0 Å². The fourth-order valence-electron chi connectivity index (χ4n) is 5.25. The van der Waals surface area contributed by atoms with Crippen molar-refractivity contribution in [1.82, 2.24) is 0 Å². The summed E-state index contributed by atoms with van der Waals surface area (Å²) < 4.78 is 11.1. The number of aryl methyl sites for hydroxylation is 2. The summed E-state index contributed by atoms with van der Waals surface area (Å²) in [5.74, 6) is 1.81. The van der Waals surface area contributed by atoms with Crippen molar-refractivity contribution in [3.05, 3.63) is 118 Å². The summed E-state index contributed by atoms with van der Waals surface area (Å²) >= 11 is 0. The highest BCUT2D eigenvalue weighted by Gasteiger charge is 2.46. The number of hydrogen-bond acceptors (Lipinski definition) is 2. The van der Waals surface area contributed by atoms with Crippen LogP contribution in [0.25, 0.3) is 11.1 Å². The van der Waals surface area contributed by atoms with Crippen LogP contribution in [-0.2, 0) is 5.41 Å². The predicted octanol–water partition coefficient (Wildman–Crippen LogP) is 6.68. The molecule has 0 unspecified atom stereocenters. The van der Waals surface area contributed by atoms with Gasteiger partial charge in [-0.25, -0.2) is 0 Å². The highest BCUT2D eigenvalue weighted by atomic mass is 16.5. The van der Waals surface area contributed by atoms with Crippen LogP contribution < -0.4 is 9.47 Å². The minimum absolute atomic E-state index is 0.402. The Kier molecular flexibility index (Phi) is 4.59. The van der Waals surface area contributed by atoms with Crippen LogP contribution in [0.4, 0.5) is 0 Å². The van der Waals surface area contributed by atoms with Gasteiger partial charge in [-0.15, -0.1) is 0 Å². The maximum Gasteiger partial charge on any atom is 0.121 e. The minimum Gasteiger partial charge on any atom is -0.496 e. The molecule has 0 atom stereocenters. The normalized spacial score (nSPS) is 13.4. The lowest BCUT2D eigenvalue weighted by Crippen LogP contribution is -2.28. The van der Waals surface area contributed by atoms with Gasteiger partial charge in [0.05, 0.1) is 19.6 Å². The number of ether oxygens (including phenoxy) is 2. The summed E-state index contributed by atoms with van der Waals surface area (Å²) in [4.78, 5) is 0. The summed E-state index contributed by atoms with van der Waals surface area (Å²) in [5.41, 5.74) is 9.55. The van der Waals surface area contributed by atoms with Gasteiger partial charge in [-0.1, -0.05) is 72.8 Å². The van der Waals surface area contributed by atoms with Crippen LogP contribution in [0.1, 0.15) is 33.4 Å². The van der Waals surface area contributed by atoms with Gasteiger partial charge in [-0.3, -0.25) is 0 Å². The topological polar surface area (TPSA) is 18.5 Å². The zero-order valence-electron chi connectivity index (χ0n) is 18.4. The van der Waals surface area contributed by atoms with Gasteiger partial charge < -0.3 is 9.47 Å². The van der Waals surface area contributed by atoms with Crippen LogP contribution in [0.3, 0.4) is 0 Å². The number of methoxy groups -OCH3 is 2. The van der Waals surface area contributed by atoms with Crippen molar-refractivity contribution in [2.75, 3.05) is 14.2 Å². The minimum atomic E-state index is -0.402. The smallest absolute Gasteiger partial charge is 0.121 e. The van der Waals surface area contributed by atoms with E-state index in [0.29, 0.717) is 0 Å². The molecule has 0 amide bonds. The quantitative estimate of drug-likeness (QED) is 0.331. The molecule has 4 aromatic carbocycles. The summed E-state index contributed by atoms with van der Waals surface area (Å²) in [5, 5.41) is 0. The molecule has 2 heteroatoms. The van der Waals surface area contributed by atoms with E-state index in [0.717, 1.165) is 22.6 Å². The highest BCUT2D eigenvalue weighted by Crippen LogP contribution is 2.56. The van der Waals surface area contributed by atoms with E-state index in [-0.39, 0.29) is 0 Å². The molecule has 4 aromatic rings. The molecule has 0 fully saturated rings. The molecule has 154 valence electrons. The van der Waals surface area contributed by atoms with E-state index in [4.69, 9.17) is 9.47 Å². The van der Waals surface area contributed by atoms with Gasteiger partial charge in [-0.05, 0) is 70.5 Å². The van der Waals surface area contributed by atoms with Crippen molar-refractivity contribution >= 4 is 0 Å². The van der Waals surface area contributed by atoms with E-state index in [1.807, 2.05) is 0 Å². The van der Waals surface area contributed by atoms with Crippen molar-refractivity contribution in [3.8, 4) is 22.6 Å². The molecule has 5 rings (SSSR count). The largest absolute Gasteiger partial charge is 0.496 e. The first kappa shape index (κ1) is 19.4. The first-order valence-electron chi connectivity index (χ1n) is 10.6. The second kappa shape index (κ2) is 7.31. The van der Waals surface area contributed by atoms with Gasteiger partial charge in [0.25, 0.3) is 0 Å². The maximum absolute atomic E-state index is 5.57. The molecule has 0 aromatic heterocycles. The van der Waals surface area contributed by atoms with E-state index >= 15 is 0 Å². The molecule has 0 N–H and O–H groups in total. The lowest BCUT2D eigenvalue weighted by atomic mass is 9.67. The number of fused-ring (bicyclic) bond motifs is 3. The first-order valence-corrected chi connectivity index (χ1v) is 10.6.